The third kappa shape index (κ3) is 4.32. The lowest BCUT2D eigenvalue weighted by molar-refractivity contribution is -0.131. The molecule has 0 aromatic heterocycles. The molecule has 1 aliphatic rings. The van der Waals surface area contributed by atoms with E-state index in [0.29, 0.717) is 18.7 Å². The van der Waals surface area contributed by atoms with Crippen molar-refractivity contribution < 1.29 is 19.1 Å². The molecule has 1 saturated heterocycles. The van der Waals surface area contributed by atoms with Gasteiger partial charge in [-0.3, -0.25) is 4.79 Å². The molecule has 4 nitrogen and oxygen atoms in total. The van der Waals surface area contributed by atoms with E-state index < -0.39 is 11.8 Å². The third-order valence-electron chi connectivity index (χ3n) is 3.15. The summed E-state index contributed by atoms with van der Waals surface area (Å²) < 4.78 is 13.9. The highest BCUT2D eigenvalue weighted by Gasteiger charge is 2.20. The smallest absolute Gasteiger partial charge is 0.328 e. The van der Waals surface area contributed by atoms with E-state index in [9.17, 15) is 14.0 Å². The number of benzene rings is 1. The number of amides is 1. The Kier molecular flexibility index (Phi) is 5.38. The van der Waals surface area contributed by atoms with E-state index in [1.165, 1.54) is 24.3 Å². The summed E-state index contributed by atoms with van der Waals surface area (Å²) in [5.41, 5.74) is 0.487. The molecule has 1 amide bonds. The molecule has 0 aliphatic carbocycles. The number of carbonyl (C=O) groups is 2. The lowest BCUT2D eigenvalue weighted by Gasteiger charge is -2.20. The van der Waals surface area contributed by atoms with E-state index in [-0.39, 0.29) is 11.5 Å². The molecular weight excluding hydrogens is 293 g/mol. The van der Waals surface area contributed by atoms with Crippen molar-refractivity contribution in [2.24, 2.45) is 0 Å². The lowest BCUT2D eigenvalue weighted by Crippen LogP contribution is -2.33. The van der Waals surface area contributed by atoms with Crippen LogP contribution in [0, 0.1) is 5.82 Å². The Morgan fingerprint density at radius 2 is 2.10 bits per heavy atom. The fourth-order valence-electron chi connectivity index (χ4n) is 2.10. The van der Waals surface area contributed by atoms with Gasteiger partial charge >= 0.3 is 5.97 Å². The molecule has 1 N–H and O–H groups in total. The van der Waals surface area contributed by atoms with Crippen LogP contribution in [-0.2, 0) is 4.79 Å². The molecule has 1 heterocycles. The number of nitrogens with zero attached hydrogens (tertiary/aromatic N) is 1. The summed E-state index contributed by atoms with van der Waals surface area (Å²) in [7, 11) is 0. The molecule has 0 bridgehead atoms. The van der Waals surface area contributed by atoms with Crippen LogP contribution in [0.15, 0.2) is 24.3 Å². The minimum Gasteiger partial charge on any atom is -0.478 e. The first-order valence-corrected chi connectivity index (χ1v) is 7.81. The van der Waals surface area contributed by atoms with Crippen LogP contribution in [0.5, 0.6) is 0 Å². The number of carboxylic acids is 1. The van der Waals surface area contributed by atoms with Gasteiger partial charge in [-0.1, -0.05) is 6.07 Å². The van der Waals surface area contributed by atoms with Crippen molar-refractivity contribution in [2.75, 3.05) is 24.6 Å². The van der Waals surface area contributed by atoms with Crippen LogP contribution in [0.1, 0.15) is 22.3 Å². The fraction of sp³-hybridized carbons (Fsp3) is 0.333. The Morgan fingerprint density at radius 3 is 2.86 bits per heavy atom. The zero-order valence-corrected chi connectivity index (χ0v) is 12.2. The van der Waals surface area contributed by atoms with E-state index >= 15 is 0 Å². The van der Waals surface area contributed by atoms with E-state index in [4.69, 9.17) is 5.11 Å². The van der Waals surface area contributed by atoms with Gasteiger partial charge in [0.15, 0.2) is 0 Å². The maximum absolute atomic E-state index is 13.9. The van der Waals surface area contributed by atoms with E-state index in [0.717, 1.165) is 24.0 Å². The summed E-state index contributed by atoms with van der Waals surface area (Å²) in [4.78, 5) is 24.6. The van der Waals surface area contributed by atoms with Crippen molar-refractivity contribution in [3.05, 3.63) is 41.2 Å². The number of hydrogen-bond acceptors (Lipinski definition) is 3. The van der Waals surface area contributed by atoms with Gasteiger partial charge in [-0.05, 0) is 35.9 Å². The van der Waals surface area contributed by atoms with Crippen LogP contribution in [0.2, 0.25) is 0 Å². The van der Waals surface area contributed by atoms with Gasteiger partial charge in [0, 0.05) is 24.9 Å². The van der Waals surface area contributed by atoms with Crippen molar-refractivity contribution in [1.29, 1.82) is 0 Å². The van der Waals surface area contributed by atoms with Crippen molar-refractivity contribution in [3.8, 4) is 0 Å². The number of halogens is 1. The monoisotopic (exact) mass is 309 g/mol. The fourth-order valence-corrected chi connectivity index (χ4v) is 2.98. The third-order valence-corrected chi connectivity index (χ3v) is 4.20. The van der Waals surface area contributed by atoms with Gasteiger partial charge in [-0.2, -0.15) is 11.8 Å². The standard InChI is InChI=1S/C15H16FNO3S/c16-13-4-2-11(3-5-14(18)19)10-12(13)15(20)17-6-1-8-21-9-7-17/h2-5,10H,1,6-9H2,(H,18,19). The highest BCUT2D eigenvalue weighted by Crippen LogP contribution is 2.17. The molecule has 1 aromatic rings. The first-order chi connectivity index (χ1) is 10.1. The number of carbonyl (C=O) groups excluding carboxylic acids is 1. The normalized spacial score (nSPS) is 16.0. The van der Waals surface area contributed by atoms with Crippen LogP contribution in [0.4, 0.5) is 4.39 Å². The predicted octanol–water partition coefficient (Wildman–Crippen LogP) is 2.50. The maximum Gasteiger partial charge on any atom is 0.328 e. The zero-order valence-electron chi connectivity index (χ0n) is 11.4. The topological polar surface area (TPSA) is 57.6 Å². The molecule has 21 heavy (non-hydrogen) atoms. The van der Waals surface area contributed by atoms with Crippen LogP contribution in [0.25, 0.3) is 6.08 Å². The van der Waals surface area contributed by atoms with Crippen molar-refractivity contribution in [3.63, 3.8) is 0 Å². The summed E-state index contributed by atoms with van der Waals surface area (Å²) in [5, 5.41) is 8.60. The molecule has 1 fully saturated rings. The molecule has 0 radical (unpaired) electrons. The van der Waals surface area contributed by atoms with Gasteiger partial charge in [0.25, 0.3) is 5.91 Å². The highest BCUT2D eigenvalue weighted by molar-refractivity contribution is 7.99. The molecule has 0 unspecified atom stereocenters. The van der Waals surface area contributed by atoms with Gasteiger partial charge in [0.2, 0.25) is 0 Å². The van der Waals surface area contributed by atoms with Crippen LogP contribution in [0.3, 0.4) is 0 Å². The first kappa shape index (κ1) is 15.6. The SMILES string of the molecule is O=C(O)C=Cc1ccc(F)c(C(=O)N2CCCSCC2)c1. The second kappa shape index (κ2) is 7.26. The van der Waals surface area contributed by atoms with Gasteiger partial charge in [-0.15, -0.1) is 0 Å². The summed E-state index contributed by atoms with van der Waals surface area (Å²) in [5.74, 6) is -0.138. The molecule has 2 rings (SSSR count). The van der Waals surface area contributed by atoms with E-state index in [1.54, 1.807) is 16.7 Å². The Labute approximate surface area is 126 Å². The largest absolute Gasteiger partial charge is 0.478 e. The average Bonchev–Trinajstić information content (AvgIpc) is 2.74. The second-order valence-electron chi connectivity index (χ2n) is 4.67. The Morgan fingerprint density at radius 1 is 1.29 bits per heavy atom. The summed E-state index contributed by atoms with van der Waals surface area (Å²) >= 11 is 1.79. The molecular formula is C15H16FNO3S. The molecule has 0 saturated carbocycles. The number of carboxylic acid groups (broad SMARTS) is 1. The van der Waals surface area contributed by atoms with E-state index in [2.05, 4.69) is 0 Å². The van der Waals surface area contributed by atoms with Crippen LogP contribution < -0.4 is 0 Å². The average molecular weight is 309 g/mol. The minimum absolute atomic E-state index is 0.00515. The van der Waals surface area contributed by atoms with Gasteiger partial charge in [0.05, 0.1) is 5.56 Å². The quantitative estimate of drug-likeness (QED) is 0.872. The van der Waals surface area contributed by atoms with Gasteiger partial charge in [0.1, 0.15) is 5.82 Å². The summed E-state index contributed by atoms with van der Waals surface area (Å²) in [6, 6.07) is 4.04. The number of aliphatic carboxylic acids is 1. The molecule has 6 heteroatoms. The summed E-state index contributed by atoms with van der Waals surface area (Å²) in [6.07, 6.45) is 3.21. The predicted molar refractivity (Wildman–Crippen MR) is 80.9 cm³/mol. The number of hydrogen-bond donors (Lipinski definition) is 1. The molecule has 1 aliphatic heterocycles. The first-order valence-electron chi connectivity index (χ1n) is 6.65. The van der Waals surface area contributed by atoms with Gasteiger partial charge in [-0.25, -0.2) is 9.18 Å². The van der Waals surface area contributed by atoms with Crippen molar-refractivity contribution >= 4 is 29.7 Å². The van der Waals surface area contributed by atoms with Crippen molar-refractivity contribution in [2.45, 2.75) is 6.42 Å². The van der Waals surface area contributed by atoms with Crippen LogP contribution >= 0.6 is 11.8 Å². The second-order valence-corrected chi connectivity index (χ2v) is 5.89. The number of rotatable bonds is 3. The Hall–Kier alpha value is -1.82. The molecule has 0 spiro atoms. The Bertz CT molecular complexity index is 566. The zero-order chi connectivity index (χ0) is 15.2. The Balaban J connectivity index is 2.22. The number of thioether (sulfide) groups is 1. The maximum atomic E-state index is 13.9. The molecule has 0 atom stereocenters. The molecule has 112 valence electrons. The minimum atomic E-state index is -1.09. The lowest BCUT2D eigenvalue weighted by atomic mass is 10.1. The van der Waals surface area contributed by atoms with E-state index in [1.807, 2.05) is 0 Å². The van der Waals surface area contributed by atoms with Crippen LogP contribution in [-0.4, -0.2) is 46.5 Å². The van der Waals surface area contributed by atoms with Crippen molar-refractivity contribution in [1.82, 2.24) is 4.90 Å². The summed E-state index contributed by atoms with van der Waals surface area (Å²) in [6.45, 7) is 1.23. The van der Waals surface area contributed by atoms with Gasteiger partial charge < -0.3 is 10.0 Å². The highest BCUT2D eigenvalue weighted by atomic mass is 32.2. The molecule has 1 aromatic carbocycles.